The predicted octanol–water partition coefficient (Wildman–Crippen LogP) is 0.966. The molecule has 2 heterocycles. The van der Waals surface area contributed by atoms with Gasteiger partial charge in [-0.1, -0.05) is 11.6 Å². The van der Waals surface area contributed by atoms with Crippen LogP contribution in [0, 0.1) is 11.8 Å². The van der Waals surface area contributed by atoms with Gasteiger partial charge >= 0.3 is 5.97 Å². The van der Waals surface area contributed by atoms with Crippen LogP contribution in [-0.2, 0) is 14.8 Å². The highest BCUT2D eigenvalue weighted by Crippen LogP contribution is 2.33. The molecule has 8 heteroatoms. The zero-order chi connectivity index (χ0) is 15.9. The highest BCUT2D eigenvalue weighted by Gasteiger charge is 2.42. The second kappa shape index (κ2) is 5.81. The van der Waals surface area contributed by atoms with Gasteiger partial charge in [0.05, 0.1) is 17.7 Å². The van der Waals surface area contributed by atoms with Crippen molar-refractivity contribution in [2.75, 3.05) is 33.3 Å². The number of halogens is 1. The van der Waals surface area contributed by atoms with E-state index in [4.69, 9.17) is 11.6 Å². The molecular formula is C14H17ClN2O4S. The fraction of sp³-hybridized carbons (Fsp3) is 0.500. The van der Waals surface area contributed by atoms with E-state index in [0.29, 0.717) is 24.9 Å². The van der Waals surface area contributed by atoms with Gasteiger partial charge in [-0.15, -0.1) is 0 Å². The van der Waals surface area contributed by atoms with Crippen LogP contribution in [-0.4, -0.2) is 52.0 Å². The Morgan fingerprint density at radius 2 is 1.95 bits per heavy atom. The molecule has 0 unspecified atom stereocenters. The monoisotopic (exact) mass is 344 g/mol. The number of nitrogens with one attached hydrogen (secondary N) is 1. The molecule has 1 N–H and O–H groups in total. The summed E-state index contributed by atoms with van der Waals surface area (Å²) in [6.07, 6.45) is 0. The first kappa shape index (κ1) is 15.7. The van der Waals surface area contributed by atoms with E-state index >= 15 is 0 Å². The van der Waals surface area contributed by atoms with Crippen molar-refractivity contribution < 1.29 is 17.9 Å². The van der Waals surface area contributed by atoms with Crippen LogP contribution in [0.15, 0.2) is 23.1 Å². The summed E-state index contributed by atoms with van der Waals surface area (Å²) in [4.78, 5) is 11.5. The maximum absolute atomic E-state index is 12.7. The van der Waals surface area contributed by atoms with Crippen molar-refractivity contribution in [3.05, 3.63) is 28.8 Å². The van der Waals surface area contributed by atoms with E-state index in [1.807, 2.05) is 0 Å². The molecule has 2 atom stereocenters. The van der Waals surface area contributed by atoms with E-state index < -0.39 is 16.0 Å². The molecule has 3 rings (SSSR count). The molecule has 2 saturated heterocycles. The molecule has 0 amide bonds. The number of benzene rings is 1. The largest absolute Gasteiger partial charge is 0.465 e. The summed E-state index contributed by atoms with van der Waals surface area (Å²) in [5.74, 6) is 0.179. The normalized spacial score (nSPS) is 25.2. The molecule has 2 aliphatic heterocycles. The SMILES string of the molecule is COC(=O)c1ccc(S(=O)(=O)N2C[C@H]3CNC[C@H]3C2)c(Cl)c1. The van der Waals surface area contributed by atoms with Crippen molar-refractivity contribution in [1.82, 2.24) is 9.62 Å². The second-order valence-corrected chi connectivity index (χ2v) is 7.95. The third kappa shape index (κ3) is 2.62. The van der Waals surface area contributed by atoms with Gasteiger partial charge < -0.3 is 10.1 Å². The van der Waals surface area contributed by atoms with Gasteiger partial charge in [0.15, 0.2) is 0 Å². The summed E-state index contributed by atoms with van der Waals surface area (Å²) in [6, 6.07) is 4.12. The van der Waals surface area contributed by atoms with Crippen LogP contribution in [0.5, 0.6) is 0 Å². The van der Waals surface area contributed by atoms with Gasteiger partial charge in [-0.2, -0.15) is 4.31 Å². The molecule has 0 saturated carbocycles. The number of fused-ring (bicyclic) bond motifs is 1. The Kier molecular flexibility index (Phi) is 4.15. The van der Waals surface area contributed by atoms with Gasteiger partial charge in [0, 0.05) is 13.1 Å². The minimum absolute atomic E-state index is 0.0368. The van der Waals surface area contributed by atoms with Crippen LogP contribution in [0.25, 0.3) is 0 Å². The van der Waals surface area contributed by atoms with E-state index in [1.54, 1.807) is 0 Å². The van der Waals surface area contributed by atoms with Crippen molar-refractivity contribution in [1.29, 1.82) is 0 Å². The number of nitrogens with zero attached hydrogens (tertiary/aromatic N) is 1. The molecule has 6 nitrogen and oxygen atoms in total. The number of ether oxygens (including phenoxy) is 1. The van der Waals surface area contributed by atoms with E-state index in [9.17, 15) is 13.2 Å². The van der Waals surface area contributed by atoms with Crippen LogP contribution < -0.4 is 5.32 Å². The summed E-state index contributed by atoms with van der Waals surface area (Å²) < 4.78 is 31.6. The zero-order valence-electron chi connectivity index (χ0n) is 12.1. The van der Waals surface area contributed by atoms with Gasteiger partial charge in [0.1, 0.15) is 4.90 Å². The number of carbonyl (C=O) groups excluding carboxylic acids is 1. The first-order chi connectivity index (χ1) is 10.4. The highest BCUT2D eigenvalue weighted by molar-refractivity contribution is 7.89. The Morgan fingerprint density at radius 3 is 2.50 bits per heavy atom. The average molecular weight is 345 g/mol. The van der Waals surface area contributed by atoms with Crippen molar-refractivity contribution in [2.24, 2.45) is 11.8 Å². The van der Waals surface area contributed by atoms with Gasteiger partial charge in [0.25, 0.3) is 0 Å². The van der Waals surface area contributed by atoms with Crippen LogP contribution >= 0.6 is 11.6 Å². The summed E-state index contributed by atoms with van der Waals surface area (Å²) in [7, 11) is -2.38. The molecule has 0 spiro atoms. The Balaban J connectivity index is 1.88. The number of sulfonamides is 1. The lowest BCUT2D eigenvalue weighted by atomic mass is 10.0. The van der Waals surface area contributed by atoms with Crippen LogP contribution in [0.1, 0.15) is 10.4 Å². The van der Waals surface area contributed by atoms with Crippen LogP contribution in [0.2, 0.25) is 5.02 Å². The van der Waals surface area contributed by atoms with Gasteiger partial charge in [-0.3, -0.25) is 0 Å². The minimum Gasteiger partial charge on any atom is -0.465 e. The molecule has 0 aliphatic carbocycles. The fourth-order valence-corrected chi connectivity index (χ4v) is 5.17. The Bertz CT molecular complexity index is 695. The van der Waals surface area contributed by atoms with Crippen molar-refractivity contribution in [3.63, 3.8) is 0 Å². The van der Waals surface area contributed by atoms with Gasteiger partial charge in [0.2, 0.25) is 10.0 Å². The third-order valence-corrected chi connectivity index (χ3v) is 6.64. The maximum Gasteiger partial charge on any atom is 0.337 e. The lowest BCUT2D eigenvalue weighted by Gasteiger charge is -2.18. The molecule has 0 radical (unpaired) electrons. The molecule has 2 aliphatic rings. The molecule has 22 heavy (non-hydrogen) atoms. The maximum atomic E-state index is 12.7. The molecule has 0 bridgehead atoms. The Hall–Kier alpha value is -1.15. The first-order valence-electron chi connectivity index (χ1n) is 7.02. The van der Waals surface area contributed by atoms with Gasteiger partial charge in [-0.05, 0) is 43.1 Å². The number of rotatable bonds is 3. The highest BCUT2D eigenvalue weighted by atomic mass is 35.5. The average Bonchev–Trinajstić information content (AvgIpc) is 3.07. The van der Waals surface area contributed by atoms with E-state index in [2.05, 4.69) is 10.1 Å². The molecule has 0 aromatic heterocycles. The lowest BCUT2D eigenvalue weighted by molar-refractivity contribution is 0.0600. The third-order valence-electron chi connectivity index (χ3n) is 4.33. The molecular weight excluding hydrogens is 328 g/mol. The van der Waals surface area contributed by atoms with Gasteiger partial charge in [-0.25, -0.2) is 13.2 Å². The second-order valence-electron chi connectivity index (χ2n) is 5.64. The molecule has 1 aromatic rings. The number of hydrogen-bond donors (Lipinski definition) is 1. The number of carbonyl (C=O) groups is 1. The van der Waals surface area contributed by atoms with Crippen molar-refractivity contribution in [2.45, 2.75) is 4.90 Å². The zero-order valence-corrected chi connectivity index (χ0v) is 13.7. The lowest BCUT2D eigenvalue weighted by Crippen LogP contribution is -2.32. The Labute approximate surface area is 134 Å². The summed E-state index contributed by atoms with van der Waals surface area (Å²) >= 11 is 6.09. The minimum atomic E-state index is -3.64. The molecule has 1 aromatic carbocycles. The summed E-state index contributed by atoms with van der Waals surface area (Å²) in [5.41, 5.74) is 0.231. The summed E-state index contributed by atoms with van der Waals surface area (Å²) in [6.45, 7) is 2.72. The number of methoxy groups -OCH3 is 1. The van der Waals surface area contributed by atoms with E-state index in [0.717, 1.165) is 13.1 Å². The number of esters is 1. The smallest absolute Gasteiger partial charge is 0.337 e. The predicted molar refractivity (Wildman–Crippen MR) is 81.4 cm³/mol. The quantitative estimate of drug-likeness (QED) is 0.827. The fourth-order valence-electron chi connectivity index (χ4n) is 3.10. The van der Waals surface area contributed by atoms with E-state index in [1.165, 1.54) is 29.6 Å². The molecule has 120 valence electrons. The standard InChI is InChI=1S/C14H17ClN2O4S/c1-21-14(18)9-2-3-13(12(15)4-9)22(19,20)17-7-10-5-16-6-11(10)8-17/h2-4,10-11,16H,5-8H2,1H3/t10-,11+. The summed E-state index contributed by atoms with van der Waals surface area (Å²) in [5, 5.41) is 3.31. The number of hydrogen-bond acceptors (Lipinski definition) is 5. The topological polar surface area (TPSA) is 75.7 Å². The van der Waals surface area contributed by atoms with Crippen molar-refractivity contribution in [3.8, 4) is 0 Å². The van der Waals surface area contributed by atoms with Crippen LogP contribution in [0.4, 0.5) is 0 Å². The van der Waals surface area contributed by atoms with Crippen molar-refractivity contribution >= 4 is 27.6 Å². The molecule has 2 fully saturated rings. The first-order valence-corrected chi connectivity index (χ1v) is 8.84. The Morgan fingerprint density at radius 1 is 1.32 bits per heavy atom. The van der Waals surface area contributed by atoms with E-state index in [-0.39, 0.29) is 15.5 Å². The van der Waals surface area contributed by atoms with Crippen LogP contribution in [0.3, 0.4) is 0 Å².